The summed E-state index contributed by atoms with van der Waals surface area (Å²) in [7, 11) is 0. The lowest BCUT2D eigenvalue weighted by atomic mass is 9.71. The van der Waals surface area contributed by atoms with Crippen LogP contribution in [0.2, 0.25) is 0 Å². The molecular weight excluding hydrogens is 214 g/mol. The maximum absolute atomic E-state index is 12.2. The number of hydrogen-bond acceptors (Lipinski definition) is 2. The Hall–Kier alpha value is -0.570. The number of piperidine rings is 1. The molecule has 3 nitrogen and oxygen atoms in total. The van der Waals surface area contributed by atoms with Crippen LogP contribution in [0.5, 0.6) is 0 Å². The molecule has 1 amide bonds. The molecule has 0 spiro atoms. The van der Waals surface area contributed by atoms with Gasteiger partial charge in [0.1, 0.15) is 0 Å². The molecule has 0 aromatic carbocycles. The summed E-state index contributed by atoms with van der Waals surface area (Å²) < 4.78 is 0. The molecule has 1 N–H and O–H groups in total. The molecule has 0 aromatic heterocycles. The molecule has 2 rings (SSSR count). The molecule has 0 bridgehead atoms. The Balaban J connectivity index is 2.05. The first kappa shape index (κ1) is 12.9. The van der Waals surface area contributed by atoms with E-state index < -0.39 is 5.60 Å². The Kier molecular flexibility index (Phi) is 3.23. The molecule has 3 heteroatoms. The van der Waals surface area contributed by atoms with Crippen LogP contribution < -0.4 is 0 Å². The second-order valence-corrected chi connectivity index (χ2v) is 6.80. The van der Waals surface area contributed by atoms with E-state index in [9.17, 15) is 9.90 Å². The summed E-state index contributed by atoms with van der Waals surface area (Å²) in [5.74, 6) is 0.529. The van der Waals surface area contributed by atoms with Gasteiger partial charge >= 0.3 is 0 Å². The molecule has 1 aliphatic heterocycles. The number of amides is 1. The van der Waals surface area contributed by atoms with Gasteiger partial charge in [-0.15, -0.1) is 0 Å². The van der Waals surface area contributed by atoms with Crippen LogP contribution in [0.1, 0.15) is 52.9 Å². The number of likely N-dealkylation sites (tertiary alicyclic amines) is 1. The minimum absolute atomic E-state index is 0.227. The summed E-state index contributed by atoms with van der Waals surface area (Å²) in [6.45, 7) is 7.39. The molecule has 2 aliphatic rings. The van der Waals surface area contributed by atoms with Crippen LogP contribution in [-0.4, -0.2) is 34.6 Å². The van der Waals surface area contributed by atoms with E-state index in [0.717, 1.165) is 38.8 Å². The zero-order valence-electron chi connectivity index (χ0n) is 11.3. The number of carbonyl (C=O) groups excluding carboxylic acids is 1. The van der Waals surface area contributed by atoms with Crippen LogP contribution in [0.25, 0.3) is 0 Å². The molecule has 1 aliphatic carbocycles. The Bertz CT molecular complexity index is 308. The normalized spacial score (nSPS) is 34.4. The Morgan fingerprint density at radius 3 is 2.65 bits per heavy atom. The number of nitrogens with zero attached hydrogens (tertiary/aromatic N) is 1. The number of carbonyl (C=O) groups is 1. The van der Waals surface area contributed by atoms with Gasteiger partial charge < -0.3 is 10.0 Å². The van der Waals surface area contributed by atoms with Crippen molar-refractivity contribution >= 4 is 5.91 Å². The van der Waals surface area contributed by atoms with E-state index in [2.05, 4.69) is 0 Å². The predicted molar refractivity (Wildman–Crippen MR) is 67.6 cm³/mol. The molecule has 0 radical (unpaired) electrons. The molecule has 1 heterocycles. The van der Waals surface area contributed by atoms with Crippen LogP contribution in [0.15, 0.2) is 0 Å². The van der Waals surface area contributed by atoms with Crippen LogP contribution in [0, 0.1) is 11.3 Å². The highest BCUT2D eigenvalue weighted by molar-refractivity contribution is 5.81. The van der Waals surface area contributed by atoms with E-state index in [0.29, 0.717) is 5.92 Å². The smallest absolute Gasteiger partial charge is 0.227 e. The average Bonchev–Trinajstić information content (AvgIpc) is 2.25. The summed E-state index contributed by atoms with van der Waals surface area (Å²) in [5.41, 5.74) is -0.781. The van der Waals surface area contributed by atoms with Crippen molar-refractivity contribution in [2.24, 2.45) is 11.3 Å². The highest BCUT2D eigenvalue weighted by Gasteiger charge is 2.44. The highest BCUT2D eigenvalue weighted by atomic mass is 16.3. The van der Waals surface area contributed by atoms with Crippen molar-refractivity contribution in [2.75, 3.05) is 13.1 Å². The lowest BCUT2D eigenvalue weighted by molar-refractivity contribution is -0.151. The molecule has 2 fully saturated rings. The minimum atomic E-state index is -0.479. The van der Waals surface area contributed by atoms with Gasteiger partial charge in [0, 0.05) is 24.4 Å². The van der Waals surface area contributed by atoms with E-state index in [1.54, 1.807) is 0 Å². The van der Waals surface area contributed by atoms with Gasteiger partial charge in [-0.3, -0.25) is 4.79 Å². The summed E-state index contributed by atoms with van der Waals surface area (Å²) in [5, 5.41) is 10.6. The minimum Gasteiger partial charge on any atom is -0.389 e. The summed E-state index contributed by atoms with van der Waals surface area (Å²) in [6, 6.07) is 0. The third-order valence-electron chi connectivity index (χ3n) is 4.36. The standard InChI is InChI=1S/C14H25NO2/c1-13(2,3)12(16)15-9-8-14(17)7-5-4-6-11(14)10-15/h11,17H,4-10H2,1-3H3. The molecule has 2 unspecified atom stereocenters. The van der Waals surface area contributed by atoms with Crippen LogP contribution in [0.3, 0.4) is 0 Å². The molecule has 0 aromatic rings. The van der Waals surface area contributed by atoms with Crippen molar-refractivity contribution in [3.63, 3.8) is 0 Å². The average molecular weight is 239 g/mol. The van der Waals surface area contributed by atoms with E-state index in [-0.39, 0.29) is 11.3 Å². The van der Waals surface area contributed by atoms with Gasteiger partial charge in [-0.25, -0.2) is 0 Å². The van der Waals surface area contributed by atoms with Crippen molar-refractivity contribution in [1.82, 2.24) is 4.90 Å². The fourth-order valence-electron chi connectivity index (χ4n) is 3.23. The lowest BCUT2D eigenvalue weighted by Crippen LogP contribution is -2.56. The monoisotopic (exact) mass is 239 g/mol. The van der Waals surface area contributed by atoms with Gasteiger partial charge in [0.2, 0.25) is 5.91 Å². The van der Waals surface area contributed by atoms with Crippen molar-refractivity contribution in [2.45, 2.75) is 58.5 Å². The van der Waals surface area contributed by atoms with Gasteiger partial charge in [0.15, 0.2) is 0 Å². The fourth-order valence-corrected chi connectivity index (χ4v) is 3.23. The third kappa shape index (κ3) is 2.49. The molecule has 98 valence electrons. The van der Waals surface area contributed by atoms with Crippen molar-refractivity contribution < 1.29 is 9.90 Å². The first-order valence-corrected chi connectivity index (χ1v) is 6.85. The topological polar surface area (TPSA) is 40.5 Å². The molecule has 2 atom stereocenters. The Morgan fingerprint density at radius 2 is 2.00 bits per heavy atom. The van der Waals surface area contributed by atoms with Crippen molar-refractivity contribution in [1.29, 1.82) is 0 Å². The van der Waals surface area contributed by atoms with E-state index >= 15 is 0 Å². The van der Waals surface area contributed by atoms with Crippen LogP contribution in [-0.2, 0) is 4.79 Å². The van der Waals surface area contributed by atoms with E-state index in [4.69, 9.17) is 0 Å². The van der Waals surface area contributed by atoms with Crippen LogP contribution >= 0.6 is 0 Å². The first-order valence-electron chi connectivity index (χ1n) is 6.85. The molecule has 17 heavy (non-hydrogen) atoms. The fraction of sp³-hybridized carbons (Fsp3) is 0.929. The number of hydrogen-bond donors (Lipinski definition) is 1. The second kappa shape index (κ2) is 4.27. The molecule has 1 saturated heterocycles. The quantitative estimate of drug-likeness (QED) is 0.704. The van der Waals surface area contributed by atoms with Crippen LogP contribution in [0.4, 0.5) is 0 Å². The molecular formula is C14H25NO2. The predicted octanol–water partition coefficient (Wildman–Crippen LogP) is 2.19. The Morgan fingerprint density at radius 1 is 1.29 bits per heavy atom. The maximum Gasteiger partial charge on any atom is 0.227 e. The zero-order chi connectivity index (χ0) is 12.7. The van der Waals surface area contributed by atoms with Gasteiger partial charge in [-0.1, -0.05) is 33.6 Å². The first-order chi connectivity index (χ1) is 7.83. The summed E-state index contributed by atoms with van der Waals surface area (Å²) >= 11 is 0. The van der Waals surface area contributed by atoms with Crippen molar-refractivity contribution in [3.05, 3.63) is 0 Å². The molecule has 1 saturated carbocycles. The Labute approximate surface area is 104 Å². The summed E-state index contributed by atoms with van der Waals surface area (Å²) in [4.78, 5) is 14.2. The number of fused-ring (bicyclic) bond motifs is 1. The number of aliphatic hydroxyl groups is 1. The highest BCUT2D eigenvalue weighted by Crippen LogP contribution is 2.40. The van der Waals surface area contributed by atoms with E-state index in [1.807, 2.05) is 25.7 Å². The number of rotatable bonds is 0. The van der Waals surface area contributed by atoms with Gasteiger partial charge in [0.25, 0.3) is 0 Å². The third-order valence-corrected chi connectivity index (χ3v) is 4.36. The zero-order valence-corrected chi connectivity index (χ0v) is 11.3. The van der Waals surface area contributed by atoms with Gasteiger partial charge in [-0.05, 0) is 19.3 Å². The van der Waals surface area contributed by atoms with Gasteiger partial charge in [-0.2, -0.15) is 0 Å². The van der Waals surface area contributed by atoms with Crippen molar-refractivity contribution in [3.8, 4) is 0 Å². The largest absolute Gasteiger partial charge is 0.389 e. The summed E-state index contributed by atoms with van der Waals surface area (Å²) in [6.07, 6.45) is 5.10. The maximum atomic E-state index is 12.2. The SMILES string of the molecule is CC(C)(C)C(=O)N1CCC2(O)CCCCC2C1. The lowest BCUT2D eigenvalue weighted by Gasteiger charge is -2.48. The van der Waals surface area contributed by atoms with Gasteiger partial charge in [0.05, 0.1) is 5.60 Å². The van der Waals surface area contributed by atoms with E-state index in [1.165, 1.54) is 6.42 Å². The second-order valence-electron chi connectivity index (χ2n) is 6.80.